The lowest BCUT2D eigenvalue weighted by Gasteiger charge is -2.26. The van der Waals surface area contributed by atoms with Gasteiger partial charge in [-0.15, -0.1) is 0 Å². The molecule has 2 N–H and O–H groups in total. The van der Waals surface area contributed by atoms with E-state index in [9.17, 15) is 13.2 Å². The first kappa shape index (κ1) is 20.6. The van der Waals surface area contributed by atoms with Gasteiger partial charge in [-0.3, -0.25) is 4.79 Å². The molecule has 0 radical (unpaired) electrons. The highest BCUT2D eigenvalue weighted by Crippen LogP contribution is 2.22. The van der Waals surface area contributed by atoms with E-state index in [4.69, 9.17) is 4.74 Å². The number of carbonyl (C=O) groups is 1. The number of fused-ring (bicyclic) bond motifs is 1. The van der Waals surface area contributed by atoms with E-state index in [1.807, 2.05) is 30.5 Å². The van der Waals surface area contributed by atoms with Gasteiger partial charge in [-0.2, -0.15) is 4.31 Å². The van der Waals surface area contributed by atoms with Crippen molar-refractivity contribution in [2.45, 2.75) is 18.2 Å². The van der Waals surface area contributed by atoms with Crippen molar-refractivity contribution in [3.8, 4) is 0 Å². The van der Waals surface area contributed by atoms with Gasteiger partial charge in [0.05, 0.1) is 18.1 Å². The Labute approximate surface area is 176 Å². The topological polar surface area (TPSA) is 91.5 Å². The summed E-state index contributed by atoms with van der Waals surface area (Å²) < 4.78 is 32.7. The lowest BCUT2D eigenvalue weighted by atomic mass is 10.1. The fourth-order valence-corrected chi connectivity index (χ4v) is 5.36. The van der Waals surface area contributed by atoms with Crippen molar-refractivity contribution in [2.75, 3.05) is 32.8 Å². The lowest BCUT2D eigenvalue weighted by molar-refractivity contribution is 0.0730. The molecule has 0 spiro atoms. The molecule has 1 aliphatic rings. The number of carbonyl (C=O) groups excluding carboxylic acids is 1. The van der Waals surface area contributed by atoms with Crippen LogP contribution < -0.4 is 5.32 Å². The van der Waals surface area contributed by atoms with E-state index < -0.39 is 10.0 Å². The molecule has 3 aromatic rings. The second-order valence-corrected chi connectivity index (χ2v) is 9.27. The highest BCUT2D eigenvalue weighted by atomic mass is 32.2. The van der Waals surface area contributed by atoms with E-state index >= 15 is 0 Å². The van der Waals surface area contributed by atoms with Crippen molar-refractivity contribution in [3.05, 3.63) is 65.4 Å². The molecule has 8 heteroatoms. The zero-order chi connectivity index (χ0) is 21.1. The van der Waals surface area contributed by atoms with Gasteiger partial charge in [-0.05, 0) is 42.7 Å². The number of ether oxygens (including phenoxy) is 1. The van der Waals surface area contributed by atoms with Crippen LogP contribution in [-0.2, 0) is 21.2 Å². The number of benzene rings is 2. The van der Waals surface area contributed by atoms with Gasteiger partial charge in [-0.25, -0.2) is 8.42 Å². The first-order chi connectivity index (χ1) is 14.5. The lowest BCUT2D eigenvalue weighted by Crippen LogP contribution is -2.41. The Morgan fingerprint density at radius 3 is 2.73 bits per heavy atom. The summed E-state index contributed by atoms with van der Waals surface area (Å²) in [4.78, 5) is 16.1. The molecule has 1 aliphatic heterocycles. The van der Waals surface area contributed by atoms with Crippen LogP contribution in [0.4, 0.5) is 0 Å². The van der Waals surface area contributed by atoms with Gasteiger partial charge in [0.15, 0.2) is 0 Å². The number of rotatable bonds is 6. The van der Waals surface area contributed by atoms with Gasteiger partial charge in [-0.1, -0.05) is 24.3 Å². The van der Waals surface area contributed by atoms with Crippen molar-refractivity contribution >= 4 is 26.8 Å². The van der Waals surface area contributed by atoms with Crippen molar-refractivity contribution in [2.24, 2.45) is 0 Å². The summed E-state index contributed by atoms with van der Waals surface area (Å²) in [6, 6.07) is 12.8. The Kier molecular flexibility index (Phi) is 5.90. The standard InChI is InChI=1S/C22H25N3O4S/c1-16-6-7-17(14-21(16)30(27,28)25-10-12-29-13-11-25)22(26)23-9-8-18-15-24-20-5-3-2-4-19(18)20/h2-7,14-15,24H,8-13H2,1H3,(H,23,26). The Morgan fingerprint density at radius 1 is 1.17 bits per heavy atom. The summed E-state index contributed by atoms with van der Waals surface area (Å²) in [5, 5.41) is 4.04. The van der Waals surface area contributed by atoms with Gasteiger partial charge in [0.25, 0.3) is 5.91 Å². The number of nitrogens with zero attached hydrogens (tertiary/aromatic N) is 1. The molecule has 4 rings (SSSR count). The smallest absolute Gasteiger partial charge is 0.251 e. The van der Waals surface area contributed by atoms with Crippen LogP contribution in [0.25, 0.3) is 10.9 Å². The maximum atomic E-state index is 13.0. The quantitative estimate of drug-likeness (QED) is 0.632. The number of hydrogen-bond acceptors (Lipinski definition) is 4. The number of H-pyrrole nitrogens is 1. The average Bonchev–Trinajstić information content (AvgIpc) is 3.17. The van der Waals surface area contributed by atoms with Crippen molar-refractivity contribution in [3.63, 3.8) is 0 Å². The Balaban J connectivity index is 1.46. The van der Waals surface area contributed by atoms with E-state index in [1.54, 1.807) is 19.1 Å². The Hall–Kier alpha value is -2.68. The first-order valence-electron chi connectivity index (χ1n) is 9.98. The third-order valence-corrected chi connectivity index (χ3v) is 7.43. The predicted octanol–water partition coefficient (Wildman–Crippen LogP) is 2.47. The number of sulfonamides is 1. The summed E-state index contributed by atoms with van der Waals surface area (Å²) in [5.41, 5.74) is 3.16. The van der Waals surface area contributed by atoms with E-state index in [0.29, 0.717) is 50.4 Å². The normalized spacial score (nSPS) is 15.4. The third-order valence-electron chi connectivity index (χ3n) is 5.39. The number of aromatic nitrogens is 1. The van der Waals surface area contributed by atoms with E-state index in [1.165, 1.54) is 10.4 Å². The molecular formula is C22H25N3O4S. The number of aromatic amines is 1. The Morgan fingerprint density at radius 2 is 1.93 bits per heavy atom. The van der Waals surface area contributed by atoms with E-state index in [2.05, 4.69) is 10.3 Å². The highest BCUT2D eigenvalue weighted by Gasteiger charge is 2.28. The molecule has 158 valence electrons. The largest absolute Gasteiger partial charge is 0.379 e. The molecule has 0 saturated carbocycles. The van der Waals surface area contributed by atoms with Crippen LogP contribution in [0, 0.1) is 6.92 Å². The summed E-state index contributed by atoms with van der Waals surface area (Å²) in [6.45, 7) is 3.61. The number of morpholine rings is 1. The fraction of sp³-hybridized carbons (Fsp3) is 0.318. The number of hydrogen-bond donors (Lipinski definition) is 2. The summed E-state index contributed by atoms with van der Waals surface area (Å²) >= 11 is 0. The van der Waals surface area contributed by atoms with Crippen molar-refractivity contribution in [1.29, 1.82) is 0 Å². The van der Waals surface area contributed by atoms with Gasteiger partial charge in [0, 0.05) is 42.3 Å². The van der Waals surface area contributed by atoms with Crippen LogP contribution in [0.15, 0.2) is 53.6 Å². The maximum absolute atomic E-state index is 13.0. The van der Waals surface area contributed by atoms with Gasteiger partial charge in [0.2, 0.25) is 10.0 Å². The molecule has 0 unspecified atom stereocenters. The molecule has 1 amide bonds. The zero-order valence-electron chi connectivity index (χ0n) is 16.8. The first-order valence-corrected chi connectivity index (χ1v) is 11.4. The van der Waals surface area contributed by atoms with E-state index in [-0.39, 0.29) is 10.8 Å². The minimum absolute atomic E-state index is 0.175. The number of nitrogens with one attached hydrogen (secondary N) is 2. The van der Waals surface area contributed by atoms with Gasteiger partial charge in [0.1, 0.15) is 0 Å². The molecule has 1 aromatic heterocycles. The summed E-state index contributed by atoms with van der Waals surface area (Å²) in [5.74, 6) is -0.284. The van der Waals surface area contributed by atoms with Crippen LogP contribution in [0.1, 0.15) is 21.5 Å². The van der Waals surface area contributed by atoms with Crippen LogP contribution >= 0.6 is 0 Å². The molecule has 7 nitrogen and oxygen atoms in total. The maximum Gasteiger partial charge on any atom is 0.251 e. The molecular weight excluding hydrogens is 402 g/mol. The van der Waals surface area contributed by atoms with Crippen LogP contribution in [0.3, 0.4) is 0 Å². The number of para-hydroxylation sites is 1. The predicted molar refractivity (Wildman–Crippen MR) is 115 cm³/mol. The Bertz CT molecular complexity index is 1160. The second-order valence-electron chi connectivity index (χ2n) is 7.36. The molecule has 0 aliphatic carbocycles. The van der Waals surface area contributed by atoms with Crippen molar-refractivity contribution < 1.29 is 17.9 Å². The fourth-order valence-electron chi connectivity index (χ4n) is 3.70. The molecule has 1 saturated heterocycles. The second kappa shape index (κ2) is 8.59. The van der Waals surface area contributed by atoms with Crippen LogP contribution in [-0.4, -0.2) is 56.5 Å². The molecule has 0 atom stereocenters. The average molecular weight is 428 g/mol. The van der Waals surface area contributed by atoms with Crippen LogP contribution in [0.5, 0.6) is 0 Å². The van der Waals surface area contributed by atoms with Gasteiger partial charge < -0.3 is 15.0 Å². The number of amides is 1. The van der Waals surface area contributed by atoms with E-state index in [0.717, 1.165) is 16.5 Å². The monoisotopic (exact) mass is 427 g/mol. The number of aryl methyl sites for hydroxylation is 1. The minimum Gasteiger partial charge on any atom is -0.379 e. The minimum atomic E-state index is -3.66. The molecule has 2 aromatic carbocycles. The van der Waals surface area contributed by atoms with Gasteiger partial charge >= 0.3 is 0 Å². The third kappa shape index (κ3) is 4.12. The molecule has 2 heterocycles. The summed E-state index contributed by atoms with van der Waals surface area (Å²) in [6.07, 6.45) is 2.64. The van der Waals surface area contributed by atoms with Crippen LogP contribution in [0.2, 0.25) is 0 Å². The highest BCUT2D eigenvalue weighted by molar-refractivity contribution is 7.89. The van der Waals surface area contributed by atoms with Crippen molar-refractivity contribution in [1.82, 2.24) is 14.6 Å². The molecule has 0 bridgehead atoms. The molecule has 1 fully saturated rings. The summed E-state index contributed by atoms with van der Waals surface area (Å²) in [7, 11) is -3.66. The zero-order valence-corrected chi connectivity index (χ0v) is 17.7. The molecule has 30 heavy (non-hydrogen) atoms. The SMILES string of the molecule is Cc1ccc(C(=O)NCCc2c[nH]c3ccccc23)cc1S(=O)(=O)N1CCOCC1.